The van der Waals surface area contributed by atoms with Crippen LogP contribution < -0.4 is 10.1 Å². The van der Waals surface area contributed by atoms with Crippen LogP contribution in [0.4, 0.5) is 4.79 Å². The van der Waals surface area contributed by atoms with Crippen LogP contribution >= 0.6 is 15.9 Å². The average molecular weight is 477 g/mol. The number of ether oxygens (including phenoxy) is 2. The highest BCUT2D eigenvalue weighted by atomic mass is 79.9. The lowest BCUT2D eigenvalue weighted by molar-refractivity contribution is -0.135. The van der Waals surface area contributed by atoms with Crippen LogP contribution in [0.2, 0.25) is 0 Å². The molecule has 0 radical (unpaired) electrons. The number of benzene rings is 1. The SMILES string of the molecule is COC(=O)N[C@H](C(=O)N1CCC[C@H]1c1nc2c([nH]1)COc1cc(Br)ccc1-2)C(C)C. The zero-order valence-corrected chi connectivity index (χ0v) is 18.8. The molecule has 30 heavy (non-hydrogen) atoms. The summed E-state index contributed by atoms with van der Waals surface area (Å²) in [5, 5.41) is 2.67. The Morgan fingerprint density at radius 3 is 2.93 bits per heavy atom. The molecule has 2 atom stereocenters. The minimum absolute atomic E-state index is 0.0682. The first-order chi connectivity index (χ1) is 14.4. The number of nitrogens with zero attached hydrogens (tertiary/aromatic N) is 2. The van der Waals surface area contributed by atoms with Crippen molar-refractivity contribution in [1.82, 2.24) is 20.2 Å². The smallest absolute Gasteiger partial charge is 0.407 e. The van der Waals surface area contributed by atoms with Gasteiger partial charge in [0.1, 0.15) is 24.2 Å². The number of likely N-dealkylation sites (tertiary alicyclic amines) is 1. The second-order valence-corrected chi connectivity index (χ2v) is 8.84. The maximum atomic E-state index is 13.3. The van der Waals surface area contributed by atoms with Crippen molar-refractivity contribution in [3.8, 4) is 17.0 Å². The number of methoxy groups -OCH3 is 1. The highest BCUT2D eigenvalue weighted by Crippen LogP contribution is 2.40. The number of imidazole rings is 1. The molecular formula is C21H25BrN4O4. The molecule has 3 heterocycles. The summed E-state index contributed by atoms with van der Waals surface area (Å²) >= 11 is 3.47. The van der Waals surface area contributed by atoms with Gasteiger partial charge < -0.3 is 24.7 Å². The summed E-state index contributed by atoms with van der Waals surface area (Å²) in [6, 6.07) is 5.06. The average Bonchev–Trinajstić information content (AvgIpc) is 3.37. The summed E-state index contributed by atoms with van der Waals surface area (Å²) < 4.78 is 11.5. The molecule has 2 N–H and O–H groups in total. The van der Waals surface area contributed by atoms with Crippen molar-refractivity contribution in [3.63, 3.8) is 0 Å². The number of rotatable bonds is 4. The standard InChI is InChI=1S/C21H25BrN4O4/c1-11(2)17(25-21(28)29-3)20(27)26-8-4-5-15(26)19-23-14-10-30-16-9-12(22)6-7-13(16)18(14)24-19/h6-7,9,11,15,17H,4-5,8,10H2,1-3H3,(H,23,24)(H,25,28)/t15-,17-/m0/s1. The Morgan fingerprint density at radius 1 is 1.40 bits per heavy atom. The molecule has 0 aliphatic carbocycles. The number of halogens is 1. The molecule has 2 aliphatic rings. The summed E-state index contributed by atoms with van der Waals surface area (Å²) in [6.45, 7) is 4.84. The lowest BCUT2D eigenvalue weighted by Crippen LogP contribution is -2.51. The van der Waals surface area contributed by atoms with E-state index in [-0.39, 0.29) is 17.9 Å². The van der Waals surface area contributed by atoms with E-state index in [1.807, 2.05) is 36.9 Å². The number of hydrogen-bond acceptors (Lipinski definition) is 5. The fraction of sp³-hybridized carbons (Fsp3) is 0.476. The zero-order chi connectivity index (χ0) is 21.4. The molecule has 1 aromatic carbocycles. The molecule has 0 spiro atoms. The molecule has 160 valence electrons. The van der Waals surface area contributed by atoms with Gasteiger partial charge in [0.25, 0.3) is 0 Å². The lowest BCUT2D eigenvalue weighted by atomic mass is 10.0. The lowest BCUT2D eigenvalue weighted by Gasteiger charge is -2.30. The third-order valence-electron chi connectivity index (χ3n) is 5.61. The van der Waals surface area contributed by atoms with Gasteiger partial charge in [0.2, 0.25) is 5.91 Å². The number of carbonyl (C=O) groups is 2. The highest BCUT2D eigenvalue weighted by molar-refractivity contribution is 9.10. The molecule has 4 rings (SSSR count). The molecule has 0 unspecified atom stereocenters. The van der Waals surface area contributed by atoms with E-state index in [0.717, 1.165) is 45.8 Å². The summed E-state index contributed by atoms with van der Waals surface area (Å²) in [5.41, 5.74) is 2.71. The van der Waals surface area contributed by atoms with Crippen LogP contribution in [0.15, 0.2) is 22.7 Å². The minimum atomic E-state index is -0.649. The summed E-state index contributed by atoms with van der Waals surface area (Å²) in [5.74, 6) is 1.36. The second kappa shape index (κ2) is 8.29. The minimum Gasteiger partial charge on any atom is -0.487 e. The van der Waals surface area contributed by atoms with E-state index >= 15 is 0 Å². The molecule has 1 saturated heterocycles. The normalized spacial score (nSPS) is 18.4. The molecule has 0 bridgehead atoms. The third kappa shape index (κ3) is 3.78. The Hall–Kier alpha value is -2.55. The Morgan fingerprint density at radius 2 is 2.20 bits per heavy atom. The Balaban J connectivity index is 1.61. The van der Waals surface area contributed by atoms with Gasteiger partial charge >= 0.3 is 6.09 Å². The second-order valence-electron chi connectivity index (χ2n) is 7.93. The van der Waals surface area contributed by atoms with Gasteiger partial charge in [0.05, 0.1) is 24.5 Å². The quantitative estimate of drug-likeness (QED) is 0.699. The highest BCUT2D eigenvalue weighted by Gasteiger charge is 2.38. The van der Waals surface area contributed by atoms with Gasteiger partial charge in [0, 0.05) is 16.6 Å². The van der Waals surface area contributed by atoms with Gasteiger partial charge in [-0.3, -0.25) is 4.79 Å². The predicted octanol–water partition coefficient (Wildman–Crippen LogP) is 3.78. The fourth-order valence-corrected chi connectivity index (χ4v) is 4.41. The van der Waals surface area contributed by atoms with Crippen LogP contribution in [0, 0.1) is 5.92 Å². The number of hydrogen-bond donors (Lipinski definition) is 2. The molecule has 1 fully saturated rings. The molecular weight excluding hydrogens is 452 g/mol. The molecule has 0 saturated carbocycles. The van der Waals surface area contributed by atoms with Crippen molar-refractivity contribution in [3.05, 3.63) is 34.2 Å². The van der Waals surface area contributed by atoms with Crippen molar-refractivity contribution in [2.45, 2.75) is 45.4 Å². The Labute approximate surface area is 183 Å². The first kappa shape index (κ1) is 20.7. The van der Waals surface area contributed by atoms with Crippen molar-refractivity contribution in [2.75, 3.05) is 13.7 Å². The molecule has 2 amide bonds. The monoisotopic (exact) mass is 476 g/mol. The zero-order valence-electron chi connectivity index (χ0n) is 17.2. The topological polar surface area (TPSA) is 96.5 Å². The van der Waals surface area contributed by atoms with Gasteiger partial charge in [-0.25, -0.2) is 9.78 Å². The Kier molecular flexibility index (Phi) is 5.73. The summed E-state index contributed by atoms with van der Waals surface area (Å²) in [7, 11) is 1.29. The van der Waals surface area contributed by atoms with E-state index in [0.29, 0.717) is 13.2 Å². The first-order valence-electron chi connectivity index (χ1n) is 10.1. The Bertz CT molecular complexity index is 974. The number of nitrogens with one attached hydrogen (secondary N) is 2. The van der Waals surface area contributed by atoms with Crippen LogP contribution in [0.1, 0.15) is 44.2 Å². The number of H-pyrrole nitrogens is 1. The number of amides is 2. The fourth-order valence-electron chi connectivity index (χ4n) is 4.07. The van der Waals surface area contributed by atoms with Crippen LogP contribution in [-0.2, 0) is 16.1 Å². The number of alkyl carbamates (subject to hydrolysis) is 1. The number of carbonyl (C=O) groups excluding carboxylic acids is 2. The molecule has 8 nitrogen and oxygen atoms in total. The van der Waals surface area contributed by atoms with Gasteiger partial charge in [0.15, 0.2) is 0 Å². The van der Waals surface area contributed by atoms with E-state index in [1.54, 1.807) is 0 Å². The number of aromatic nitrogens is 2. The van der Waals surface area contributed by atoms with Crippen LogP contribution in [0.25, 0.3) is 11.3 Å². The summed E-state index contributed by atoms with van der Waals surface area (Å²) in [6.07, 6.45) is 1.09. The van der Waals surface area contributed by atoms with Crippen molar-refractivity contribution in [1.29, 1.82) is 0 Å². The van der Waals surface area contributed by atoms with Gasteiger partial charge in [-0.15, -0.1) is 0 Å². The maximum Gasteiger partial charge on any atom is 0.407 e. The first-order valence-corrected chi connectivity index (χ1v) is 10.8. The van der Waals surface area contributed by atoms with Gasteiger partial charge in [-0.1, -0.05) is 29.8 Å². The van der Waals surface area contributed by atoms with E-state index < -0.39 is 12.1 Å². The summed E-state index contributed by atoms with van der Waals surface area (Å²) in [4.78, 5) is 35.1. The van der Waals surface area contributed by atoms with Crippen molar-refractivity contribution >= 4 is 27.9 Å². The molecule has 2 aliphatic heterocycles. The molecule has 2 aromatic rings. The third-order valence-corrected chi connectivity index (χ3v) is 6.10. The largest absolute Gasteiger partial charge is 0.487 e. The maximum absolute atomic E-state index is 13.3. The molecule has 9 heteroatoms. The van der Waals surface area contributed by atoms with E-state index in [1.165, 1.54) is 7.11 Å². The van der Waals surface area contributed by atoms with Gasteiger partial charge in [-0.2, -0.15) is 0 Å². The molecule has 1 aromatic heterocycles. The van der Waals surface area contributed by atoms with Gasteiger partial charge in [-0.05, 0) is 37.0 Å². The van der Waals surface area contributed by atoms with Crippen LogP contribution in [0.3, 0.4) is 0 Å². The van der Waals surface area contributed by atoms with Crippen LogP contribution in [-0.4, -0.2) is 46.6 Å². The number of aromatic amines is 1. The van der Waals surface area contributed by atoms with Crippen molar-refractivity contribution in [2.24, 2.45) is 5.92 Å². The predicted molar refractivity (Wildman–Crippen MR) is 114 cm³/mol. The number of fused-ring (bicyclic) bond motifs is 3. The van der Waals surface area contributed by atoms with Crippen molar-refractivity contribution < 1.29 is 19.1 Å². The van der Waals surface area contributed by atoms with E-state index in [4.69, 9.17) is 14.5 Å². The van der Waals surface area contributed by atoms with E-state index in [9.17, 15) is 9.59 Å². The van der Waals surface area contributed by atoms with Crippen LogP contribution in [0.5, 0.6) is 5.75 Å². The van der Waals surface area contributed by atoms with E-state index in [2.05, 4.69) is 26.2 Å².